The van der Waals surface area contributed by atoms with E-state index in [0.717, 1.165) is 5.22 Å². The molecule has 0 saturated heterocycles. The molecule has 1 atom stereocenters. The SMILES string of the molecule is CC1OC=c2ccccc2=NC1=O. The maximum atomic E-state index is 11.3. The maximum absolute atomic E-state index is 11.3. The van der Waals surface area contributed by atoms with Crippen LogP contribution >= 0.6 is 0 Å². The zero-order chi connectivity index (χ0) is 9.26. The quantitative estimate of drug-likeness (QED) is 0.556. The highest BCUT2D eigenvalue weighted by atomic mass is 16.5. The number of benzene rings is 1. The summed E-state index contributed by atoms with van der Waals surface area (Å²) in [5.41, 5.74) is 0. The molecule has 0 fully saturated rings. The molecule has 1 aromatic carbocycles. The van der Waals surface area contributed by atoms with Crippen molar-refractivity contribution >= 4 is 12.2 Å². The van der Waals surface area contributed by atoms with E-state index in [-0.39, 0.29) is 5.91 Å². The monoisotopic (exact) mass is 175 g/mol. The third-order valence-corrected chi connectivity index (χ3v) is 1.91. The van der Waals surface area contributed by atoms with Crippen LogP contribution in [-0.2, 0) is 9.53 Å². The van der Waals surface area contributed by atoms with Crippen LogP contribution < -0.4 is 10.6 Å². The molecule has 0 saturated carbocycles. The highest BCUT2D eigenvalue weighted by molar-refractivity contribution is 5.81. The molecule has 0 N–H and O–H groups in total. The Balaban J connectivity index is 2.70. The molecule has 13 heavy (non-hydrogen) atoms. The van der Waals surface area contributed by atoms with Crippen molar-refractivity contribution in [3.63, 3.8) is 0 Å². The van der Waals surface area contributed by atoms with Crippen LogP contribution in [0.25, 0.3) is 6.26 Å². The zero-order valence-electron chi connectivity index (χ0n) is 7.23. The number of para-hydroxylation sites is 1. The molecule has 1 aliphatic heterocycles. The molecule has 0 aromatic heterocycles. The molecule has 0 spiro atoms. The summed E-state index contributed by atoms with van der Waals surface area (Å²) in [5.74, 6) is -0.235. The van der Waals surface area contributed by atoms with E-state index < -0.39 is 6.10 Å². The summed E-state index contributed by atoms with van der Waals surface area (Å²) in [6, 6.07) is 7.39. The molecule has 1 amide bonds. The standard InChI is InChI=1S/C10H9NO2/c1-7-10(12)11-9-5-3-2-4-8(9)6-13-7/h2-7H,1H3. The molecule has 1 aliphatic rings. The number of rotatable bonds is 0. The van der Waals surface area contributed by atoms with Crippen LogP contribution in [0.4, 0.5) is 0 Å². The summed E-state index contributed by atoms with van der Waals surface area (Å²) in [6.45, 7) is 1.69. The van der Waals surface area contributed by atoms with Crippen molar-refractivity contribution in [3.05, 3.63) is 34.8 Å². The Labute approximate surface area is 75.4 Å². The van der Waals surface area contributed by atoms with Gasteiger partial charge in [-0.3, -0.25) is 4.79 Å². The zero-order valence-corrected chi connectivity index (χ0v) is 7.23. The molecule has 1 aromatic rings. The minimum atomic E-state index is -0.479. The average molecular weight is 175 g/mol. The van der Waals surface area contributed by atoms with Gasteiger partial charge >= 0.3 is 0 Å². The van der Waals surface area contributed by atoms with Gasteiger partial charge in [-0.05, 0) is 19.1 Å². The smallest absolute Gasteiger partial charge is 0.286 e. The summed E-state index contributed by atoms with van der Waals surface area (Å²) in [7, 11) is 0. The van der Waals surface area contributed by atoms with Crippen LogP contribution in [0.3, 0.4) is 0 Å². The predicted molar refractivity (Wildman–Crippen MR) is 47.2 cm³/mol. The molecular formula is C10H9NO2. The number of nitrogens with zero attached hydrogens (tertiary/aromatic N) is 1. The van der Waals surface area contributed by atoms with Crippen LogP contribution in [0.15, 0.2) is 29.3 Å². The number of ether oxygens (including phenoxy) is 1. The molecule has 0 bridgehead atoms. The Bertz CT molecular complexity index is 450. The Morgan fingerprint density at radius 3 is 3.00 bits per heavy atom. The molecule has 1 heterocycles. The third-order valence-electron chi connectivity index (χ3n) is 1.91. The Morgan fingerprint density at radius 1 is 1.38 bits per heavy atom. The summed E-state index contributed by atoms with van der Waals surface area (Å²) in [6.07, 6.45) is 1.10. The van der Waals surface area contributed by atoms with E-state index in [1.54, 1.807) is 19.3 Å². The van der Waals surface area contributed by atoms with Gasteiger partial charge in [-0.1, -0.05) is 12.1 Å². The summed E-state index contributed by atoms with van der Waals surface area (Å²) >= 11 is 0. The molecule has 0 radical (unpaired) electrons. The predicted octanol–water partition coefficient (Wildman–Crippen LogP) is -0.0105. The number of fused-ring (bicyclic) bond motifs is 1. The van der Waals surface area contributed by atoms with E-state index in [0.29, 0.717) is 5.36 Å². The number of hydrogen-bond donors (Lipinski definition) is 0. The lowest BCUT2D eigenvalue weighted by atomic mass is 10.3. The first-order valence-electron chi connectivity index (χ1n) is 4.10. The molecule has 3 heteroatoms. The van der Waals surface area contributed by atoms with Gasteiger partial charge in [-0.25, -0.2) is 4.99 Å². The van der Waals surface area contributed by atoms with Crippen molar-refractivity contribution in [1.82, 2.24) is 0 Å². The van der Waals surface area contributed by atoms with Gasteiger partial charge in [0.2, 0.25) is 0 Å². The maximum Gasteiger partial charge on any atom is 0.286 e. The van der Waals surface area contributed by atoms with Gasteiger partial charge in [0.05, 0.1) is 11.6 Å². The molecule has 0 aliphatic carbocycles. The van der Waals surface area contributed by atoms with Crippen LogP contribution in [0.2, 0.25) is 0 Å². The van der Waals surface area contributed by atoms with E-state index >= 15 is 0 Å². The van der Waals surface area contributed by atoms with Gasteiger partial charge in [-0.2, -0.15) is 0 Å². The Morgan fingerprint density at radius 2 is 2.15 bits per heavy atom. The first-order chi connectivity index (χ1) is 6.27. The normalized spacial score (nSPS) is 20.4. The fraction of sp³-hybridized carbons (Fsp3) is 0.200. The first-order valence-corrected chi connectivity index (χ1v) is 4.10. The van der Waals surface area contributed by atoms with Crippen LogP contribution in [0, 0.1) is 0 Å². The largest absolute Gasteiger partial charge is 0.488 e. The van der Waals surface area contributed by atoms with E-state index in [2.05, 4.69) is 4.99 Å². The molecule has 66 valence electrons. The second-order valence-electron chi connectivity index (χ2n) is 2.91. The lowest BCUT2D eigenvalue weighted by molar-refractivity contribution is -0.124. The van der Waals surface area contributed by atoms with Gasteiger partial charge in [0, 0.05) is 5.22 Å². The highest BCUT2D eigenvalue weighted by Gasteiger charge is 2.12. The average Bonchev–Trinajstić information content (AvgIpc) is 2.28. The van der Waals surface area contributed by atoms with Gasteiger partial charge in [0.25, 0.3) is 5.91 Å². The first kappa shape index (κ1) is 7.98. The van der Waals surface area contributed by atoms with Crippen molar-refractivity contribution in [1.29, 1.82) is 0 Å². The molecular weight excluding hydrogens is 166 g/mol. The van der Waals surface area contributed by atoms with Crippen LogP contribution in [0.1, 0.15) is 6.92 Å². The van der Waals surface area contributed by atoms with Gasteiger partial charge in [-0.15, -0.1) is 0 Å². The van der Waals surface area contributed by atoms with Crippen LogP contribution in [-0.4, -0.2) is 12.0 Å². The summed E-state index contributed by atoms with van der Waals surface area (Å²) < 4.78 is 5.17. The minimum absolute atomic E-state index is 0.235. The Hall–Kier alpha value is -1.64. The molecule has 1 unspecified atom stereocenters. The Kier molecular flexibility index (Phi) is 1.85. The number of carbonyl (C=O) groups is 1. The van der Waals surface area contributed by atoms with E-state index in [9.17, 15) is 4.79 Å². The van der Waals surface area contributed by atoms with E-state index in [1.165, 1.54) is 0 Å². The minimum Gasteiger partial charge on any atom is -0.488 e. The van der Waals surface area contributed by atoms with Crippen molar-refractivity contribution in [2.75, 3.05) is 0 Å². The van der Waals surface area contributed by atoms with Crippen molar-refractivity contribution in [2.45, 2.75) is 13.0 Å². The molecule has 2 rings (SSSR count). The molecule has 3 nitrogen and oxygen atoms in total. The summed E-state index contributed by atoms with van der Waals surface area (Å²) in [5, 5.41) is 1.53. The lowest BCUT2D eigenvalue weighted by Crippen LogP contribution is -2.24. The fourth-order valence-electron chi connectivity index (χ4n) is 1.13. The number of carbonyl (C=O) groups excluding carboxylic acids is 1. The van der Waals surface area contributed by atoms with Gasteiger partial charge < -0.3 is 4.74 Å². The van der Waals surface area contributed by atoms with Crippen molar-refractivity contribution in [3.8, 4) is 0 Å². The van der Waals surface area contributed by atoms with Crippen molar-refractivity contribution < 1.29 is 9.53 Å². The topological polar surface area (TPSA) is 38.7 Å². The van der Waals surface area contributed by atoms with Gasteiger partial charge in [0.15, 0.2) is 6.10 Å². The third kappa shape index (κ3) is 1.45. The number of amides is 1. The highest BCUT2D eigenvalue weighted by Crippen LogP contribution is 1.95. The lowest BCUT2D eigenvalue weighted by Gasteiger charge is -2.02. The second kappa shape index (κ2) is 3.01. The summed E-state index contributed by atoms with van der Waals surface area (Å²) in [4.78, 5) is 15.2. The van der Waals surface area contributed by atoms with Gasteiger partial charge in [0.1, 0.15) is 0 Å². The van der Waals surface area contributed by atoms with E-state index in [4.69, 9.17) is 4.74 Å². The van der Waals surface area contributed by atoms with Crippen molar-refractivity contribution in [2.24, 2.45) is 4.99 Å². The second-order valence-corrected chi connectivity index (χ2v) is 2.91. The number of hydrogen-bond acceptors (Lipinski definition) is 2. The fourth-order valence-corrected chi connectivity index (χ4v) is 1.13. The van der Waals surface area contributed by atoms with E-state index in [1.807, 2.05) is 18.2 Å². The van der Waals surface area contributed by atoms with Crippen LogP contribution in [0.5, 0.6) is 0 Å².